The Morgan fingerprint density at radius 3 is 3.06 bits per heavy atom. The fraction of sp³-hybridized carbons (Fsp3) is 0.667. The Morgan fingerprint density at radius 1 is 1.62 bits per heavy atom. The molecule has 2 bridgehead atoms. The molecule has 0 radical (unpaired) electrons. The number of ether oxygens (including phenoxy) is 1. The fourth-order valence-electron chi connectivity index (χ4n) is 2.37. The fourth-order valence-corrected chi connectivity index (χ4v) is 3.06. The molecule has 3 unspecified atom stereocenters. The minimum Gasteiger partial charge on any atom is -0.373 e. The van der Waals surface area contributed by atoms with Crippen molar-refractivity contribution in [3.8, 4) is 0 Å². The van der Waals surface area contributed by atoms with Crippen molar-refractivity contribution in [2.45, 2.75) is 37.5 Å². The normalized spacial score (nSPS) is 31.9. The third-order valence-corrected chi connectivity index (χ3v) is 3.97. The van der Waals surface area contributed by atoms with Crippen molar-refractivity contribution in [2.24, 2.45) is 0 Å². The number of rotatable bonds is 3. The summed E-state index contributed by atoms with van der Waals surface area (Å²) in [6.07, 6.45) is 5.13. The van der Waals surface area contributed by atoms with Crippen LogP contribution in [0.15, 0.2) is 6.20 Å². The Hall–Kier alpha value is -1.21. The molecule has 3 heterocycles. The van der Waals surface area contributed by atoms with Gasteiger partial charge >= 0.3 is 5.00 Å². The van der Waals surface area contributed by atoms with Crippen LogP contribution in [-0.2, 0) is 4.74 Å². The number of thiazole rings is 1. The second-order valence-corrected chi connectivity index (χ2v) is 5.13. The van der Waals surface area contributed by atoms with Gasteiger partial charge in [-0.05, 0) is 30.6 Å². The first-order valence-corrected chi connectivity index (χ1v) is 6.06. The predicted molar refractivity (Wildman–Crippen MR) is 58.7 cm³/mol. The average Bonchev–Trinajstić information content (AvgIpc) is 2.91. The zero-order valence-corrected chi connectivity index (χ0v) is 9.27. The van der Waals surface area contributed by atoms with Gasteiger partial charge in [-0.1, -0.05) is 0 Å². The van der Waals surface area contributed by atoms with Crippen LogP contribution in [0.1, 0.15) is 19.3 Å². The zero-order chi connectivity index (χ0) is 11.1. The van der Waals surface area contributed by atoms with Crippen LogP contribution in [0.4, 0.5) is 10.1 Å². The number of anilines is 1. The van der Waals surface area contributed by atoms with E-state index in [1.54, 1.807) is 0 Å². The monoisotopic (exact) mass is 241 g/mol. The van der Waals surface area contributed by atoms with Crippen LogP contribution in [0.3, 0.4) is 0 Å². The Kier molecular flexibility index (Phi) is 2.29. The van der Waals surface area contributed by atoms with Crippen molar-refractivity contribution in [3.05, 3.63) is 16.3 Å². The van der Waals surface area contributed by atoms with E-state index in [2.05, 4.69) is 10.3 Å². The Bertz CT molecular complexity index is 422. The molecule has 1 N–H and O–H groups in total. The van der Waals surface area contributed by atoms with E-state index in [9.17, 15) is 10.1 Å². The van der Waals surface area contributed by atoms with E-state index < -0.39 is 4.92 Å². The molecule has 0 saturated carbocycles. The van der Waals surface area contributed by atoms with E-state index in [0.29, 0.717) is 11.2 Å². The standard InChI is InChI=1S/C9H11N3O3S/c13-12(14)8-4-10-9(16-8)11-6-3-5-1-2-7(6)15-5/h4-7H,1-3H2,(H,10,11). The van der Waals surface area contributed by atoms with Crippen LogP contribution in [0.2, 0.25) is 0 Å². The first-order chi connectivity index (χ1) is 7.72. The van der Waals surface area contributed by atoms with Crippen molar-refractivity contribution in [3.63, 3.8) is 0 Å². The van der Waals surface area contributed by atoms with Gasteiger partial charge < -0.3 is 10.1 Å². The average molecular weight is 241 g/mol. The molecule has 0 aromatic carbocycles. The lowest BCUT2D eigenvalue weighted by Gasteiger charge is -2.18. The SMILES string of the molecule is O=[N+]([O-])c1cnc(NC2CC3CCC2O3)s1. The van der Waals surface area contributed by atoms with E-state index in [0.717, 1.165) is 30.6 Å². The van der Waals surface area contributed by atoms with Crippen LogP contribution in [0, 0.1) is 10.1 Å². The Balaban J connectivity index is 1.68. The van der Waals surface area contributed by atoms with Crippen LogP contribution < -0.4 is 5.32 Å². The first-order valence-electron chi connectivity index (χ1n) is 5.24. The highest BCUT2D eigenvalue weighted by Gasteiger charge is 2.41. The van der Waals surface area contributed by atoms with Gasteiger partial charge in [0, 0.05) is 0 Å². The summed E-state index contributed by atoms with van der Waals surface area (Å²) in [5, 5.41) is 14.4. The predicted octanol–water partition coefficient (Wildman–Crippen LogP) is 1.78. The van der Waals surface area contributed by atoms with Gasteiger partial charge in [-0.2, -0.15) is 0 Å². The van der Waals surface area contributed by atoms with Crippen LogP contribution in [-0.4, -0.2) is 28.2 Å². The van der Waals surface area contributed by atoms with E-state index in [1.165, 1.54) is 6.20 Å². The molecule has 0 spiro atoms. The highest BCUT2D eigenvalue weighted by atomic mass is 32.1. The van der Waals surface area contributed by atoms with Crippen molar-refractivity contribution < 1.29 is 9.66 Å². The van der Waals surface area contributed by atoms with E-state index >= 15 is 0 Å². The quantitative estimate of drug-likeness (QED) is 0.644. The highest BCUT2D eigenvalue weighted by molar-refractivity contribution is 7.18. The van der Waals surface area contributed by atoms with E-state index in [4.69, 9.17) is 4.74 Å². The molecule has 1 aromatic rings. The largest absolute Gasteiger partial charge is 0.373 e. The summed E-state index contributed by atoms with van der Waals surface area (Å²) < 4.78 is 5.69. The molecule has 16 heavy (non-hydrogen) atoms. The maximum atomic E-state index is 10.5. The molecule has 3 atom stereocenters. The number of aromatic nitrogens is 1. The molecule has 0 aliphatic carbocycles. The minimum atomic E-state index is -0.417. The van der Waals surface area contributed by atoms with Gasteiger partial charge in [-0.15, -0.1) is 0 Å². The topological polar surface area (TPSA) is 77.3 Å². The number of fused-ring (bicyclic) bond motifs is 2. The maximum Gasteiger partial charge on any atom is 0.345 e. The number of hydrogen-bond acceptors (Lipinski definition) is 6. The minimum absolute atomic E-state index is 0.0755. The van der Waals surface area contributed by atoms with Crippen molar-refractivity contribution in [2.75, 3.05) is 5.32 Å². The Labute approximate surface area is 95.8 Å². The molecular formula is C9H11N3O3S. The molecule has 1 aromatic heterocycles. The maximum absolute atomic E-state index is 10.5. The van der Waals surface area contributed by atoms with Gasteiger partial charge in [-0.25, -0.2) is 4.98 Å². The zero-order valence-electron chi connectivity index (χ0n) is 8.46. The van der Waals surface area contributed by atoms with Gasteiger partial charge in [0.25, 0.3) is 0 Å². The molecule has 2 aliphatic rings. The lowest BCUT2D eigenvalue weighted by atomic mass is 9.96. The lowest BCUT2D eigenvalue weighted by molar-refractivity contribution is -0.380. The molecule has 86 valence electrons. The van der Waals surface area contributed by atoms with Gasteiger partial charge in [-0.3, -0.25) is 10.1 Å². The highest BCUT2D eigenvalue weighted by Crippen LogP contribution is 2.37. The van der Waals surface area contributed by atoms with Crippen LogP contribution >= 0.6 is 11.3 Å². The lowest BCUT2D eigenvalue weighted by Crippen LogP contribution is -2.30. The summed E-state index contributed by atoms with van der Waals surface area (Å²) in [6.45, 7) is 0. The van der Waals surface area contributed by atoms with Gasteiger partial charge in [0.05, 0.1) is 23.2 Å². The Morgan fingerprint density at radius 2 is 2.50 bits per heavy atom. The number of nitrogens with one attached hydrogen (secondary N) is 1. The number of hydrogen-bond donors (Lipinski definition) is 1. The molecule has 6 nitrogen and oxygen atoms in total. The molecular weight excluding hydrogens is 230 g/mol. The van der Waals surface area contributed by atoms with Crippen molar-refractivity contribution >= 4 is 21.5 Å². The number of nitrogens with zero attached hydrogens (tertiary/aromatic N) is 2. The van der Waals surface area contributed by atoms with Gasteiger partial charge in [0.2, 0.25) is 0 Å². The van der Waals surface area contributed by atoms with Crippen LogP contribution in [0.5, 0.6) is 0 Å². The van der Waals surface area contributed by atoms with Crippen molar-refractivity contribution in [1.82, 2.24) is 4.98 Å². The molecule has 3 rings (SSSR count). The van der Waals surface area contributed by atoms with Gasteiger partial charge in [0.15, 0.2) is 5.13 Å². The number of nitro groups is 1. The molecule has 2 aliphatic heterocycles. The smallest absolute Gasteiger partial charge is 0.345 e. The summed E-state index contributed by atoms with van der Waals surface area (Å²) in [7, 11) is 0. The van der Waals surface area contributed by atoms with E-state index in [1.807, 2.05) is 0 Å². The third kappa shape index (κ3) is 1.65. The molecule has 0 amide bonds. The van der Waals surface area contributed by atoms with Crippen molar-refractivity contribution in [1.29, 1.82) is 0 Å². The molecule has 2 saturated heterocycles. The summed E-state index contributed by atoms with van der Waals surface area (Å²) in [4.78, 5) is 14.1. The first kappa shape index (κ1) is 9.98. The molecule has 2 fully saturated rings. The van der Waals surface area contributed by atoms with E-state index in [-0.39, 0.29) is 17.1 Å². The van der Waals surface area contributed by atoms with Crippen LogP contribution in [0.25, 0.3) is 0 Å². The molecule has 7 heteroatoms. The summed E-state index contributed by atoms with van der Waals surface area (Å²) in [6, 6.07) is 0.268. The second kappa shape index (κ2) is 3.67. The summed E-state index contributed by atoms with van der Waals surface area (Å²) in [5.74, 6) is 0. The summed E-state index contributed by atoms with van der Waals surface area (Å²) in [5.41, 5.74) is 0. The third-order valence-electron chi connectivity index (χ3n) is 3.09. The van der Waals surface area contributed by atoms with Gasteiger partial charge in [0.1, 0.15) is 6.20 Å². The second-order valence-electron chi connectivity index (χ2n) is 4.12. The summed E-state index contributed by atoms with van der Waals surface area (Å²) >= 11 is 1.08.